The summed E-state index contributed by atoms with van der Waals surface area (Å²) in [6.07, 6.45) is 2.63. The molecule has 2 heterocycles. The lowest BCUT2D eigenvalue weighted by molar-refractivity contribution is 0.161. The standard InChI is InChI=1S/C10H13Cl2N3O/c1-16-6-7-2-3-15(5-7)9-8(11)4-13-10(12)14-9/h4,7H,2-3,5-6H2,1H3. The van der Waals surface area contributed by atoms with Gasteiger partial charge in [-0.2, -0.15) is 4.98 Å². The van der Waals surface area contributed by atoms with Crippen LogP contribution >= 0.6 is 23.2 Å². The fraction of sp³-hybridized carbons (Fsp3) is 0.600. The van der Waals surface area contributed by atoms with E-state index in [4.69, 9.17) is 27.9 Å². The second-order valence-electron chi connectivity index (χ2n) is 3.87. The Kier molecular flexibility index (Phi) is 3.84. The minimum atomic E-state index is 0.231. The SMILES string of the molecule is COCC1CCN(c2nc(Cl)ncc2Cl)C1. The minimum absolute atomic E-state index is 0.231. The normalized spacial score (nSPS) is 20.4. The maximum absolute atomic E-state index is 6.04. The maximum Gasteiger partial charge on any atom is 0.224 e. The van der Waals surface area contributed by atoms with Crippen LogP contribution in [0.5, 0.6) is 0 Å². The quantitative estimate of drug-likeness (QED) is 0.783. The zero-order chi connectivity index (χ0) is 11.5. The van der Waals surface area contributed by atoms with Crippen LogP contribution in [0.15, 0.2) is 6.20 Å². The average molecular weight is 262 g/mol. The Morgan fingerprint density at radius 2 is 2.38 bits per heavy atom. The van der Waals surface area contributed by atoms with Crippen LogP contribution in [0, 0.1) is 5.92 Å². The Hall–Kier alpha value is -0.580. The Morgan fingerprint density at radius 3 is 3.12 bits per heavy atom. The van der Waals surface area contributed by atoms with Gasteiger partial charge in [-0.05, 0) is 18.0 Å². The lowest BCUT2D eigenvalue weighted by Crippen LogP contribution is -2.22. The fourth-order valence-electron chi connectivity index (χ4n) is 1.96. The minimum Gasteiger partial charge on any atom is -0.384 e. The molecule has 0 radical (unpaired) electrons. The molecule has 0 amide bonds. The predicted molar refractivity (Wildman–Crippen MR) is 64.2 cm³/mol. The summed E-state index contributed by atoms with van der Waals surface area (Å²) in [6, 6.07) is 0. The van der Waals surface area contributed by atoms with Gasteiger partial charge in [0.15, 0.2) is 5.82 Å². The molecule has 1 aromatic heterocycles. The van der Waals surface area contributed by atoms with Gasteiger partial charge in [0.05, 0.1) is 12.8 Å². The van der Waals surface area contributed by atoms with E-state index in [2.05, 4.69) is 14.9 Å². The predicted octanol–water partition coefficient (Wildman–Crippen LogP) is 2.26. The van der Waals surface area contributed by atoms with Crippen molar-refractivity contribution >= 4 is 29.0 Å². The molecule has 6 heteroatoms. The van der Waals surface area contributed by atoms with E-state index in [0.717, 1.165) is 31.9 Å². The number of nitrogens with zero attached hydrogens (tertiary/aromatic N) is 3. The van der Waals surface area contributed by atoms with Gasteiger partial charge in [0.25, 0.3) is 0 Å². The van der Waals surface area contributed by atoms with Crippen molar-refractivity contribution in [2.24, 2.45) is 5.92 Å². The number of ether oxygens (including phenoxy) is 1. The van der Waals surface area contributed by atoms with Crippen LogP contribution in [-0.2, 0) is 4.74 Å². The lowest BCUT2D eigenvalue weighted by atomic mass is 10.1. The number of rotatable bonds is 3. The Morgan fingerprint density at radius 1 is 1.56 bits per heavy atom. The zero-order valence-corrected chi connectivity index (χ0v) is 10.5. The van der Waals surface area contributed by atoms with Crippen molar-refractivity contribution in [3.8, 4) is 0 Å². The summed E-state index contributed by atoms with van der Waals surface area (Å²) in [5, 5.41) is 0.775. The van der Waals surface area contributed by atoms with E-state index < -0.39 is 0 Å². The van der Waals surface area contributed by atoms with Gasteiger partial charge in [0, 0.05) is 26.1 Å². The summed E-state index contributed by atoms with van der Waals surface area (Å²) in [7, 11) is 1.72. The fourth-order valence-corrected chi connectivity index (χ4v) is 2.30. The highest BCUT2D eigenvalue weighted by Crippen LogP contribution is 2.28. The smallest absolute Gasteiger partial charge is 0.224 e. The third-order valence-electron chi connectivity index (χ3n) is 2.68. The molecule has 0 saturated carbocycles. The number of aromatic nitrogens is 2. The van der Waals surface area contributed by atoms with Gasteiger partial charge >= 0.3 is 0 Å². The molecular formula is C10H13Cl2N3O. The first-order valence-corrected chi connectivity index (χ1v) is 5.88. The molecule has 16 heavy (non-hydrogen) atoms. The molecule has 4 nitrogen and oxygen atoms in total. The second kappa shape index (κ2) is 5.17. The highest BCUT2D eigenvalue weighted by atomic mass is 35.5. The number of anilines is 1. The molecule has 1 unspecified atom stereocenters. The molecule has 88 valence electrons. The Bertz CT molecular complexity index is 375. The number of methoxy groups -OCH3 is 1. The van der Waals surface area contributed by atoms with Crippen molar-refractivity contribution in [1.29, 1.82) is 0 Å². The van der Waals surface area contributed by atoms with Crippen molar-refractivity contribution in [3.05, 3.63) is 16.5 Å². The van der Waals surface area contributed by atoms with Gasteiger partial charge in [-0.1, -0.05) is 11.6 Å². The van der Waals surface area contributed by atoms with Crippen molar-refractivity contribution in [2.75, 3.05) is 31.7 Å². The van der Waals surface area contributed by atoms with E-state index in [9.17, 15) is 0 Å². The van der Waals surface area contributed by atoms with Gasteiger partial charge in [-0.25, -0.2) is 4.98 Å². The molecular weight excluding hydrogens is 249 g/mol. The number of halogens is 2. The molecule has 0 bridgehead atoms. The summed E-state index contributed by atoms with van der Waals surface area (Å²) in [4.78, 5) is 10.1. The molecule has 1 aliphatic rings. The highest BCUT2D eigenvalue weighted by molar-refractivity contribution is 6.33. The van der Waals surface area contributed by atoms with Crippen LogP contribution in [-0.4, -0.2) is 36.8 Å². The van der Waals surface area contributed by atoms with Crippen LogP contribution in [0.4, 0.5) is 5.82 Å². The largest absolute Gasteiger partial charge is 0.384 e. The Labute approximate surface area is 105 Å². The van der Waals surface area contributed by atoms with Crippen molar-refractivity contribution in [3.63, 3.8) is 0 Å². The first-order valence-electron chi connectivity index (χ1n) is 5.12. The summed E-state index contributed by atoms with van der Waals surface area (Å²) in [6.45, 7) is 2.61. The van der Waals surface area contributed by atoms with Gasteiger partial charge < -0.3 is 9.64 Å². The maximum atomic E-state index is 6.04. The van der Waals surface area contributed by atoms with E-state index in [1.807, 2.05) is 0 Å². The third kappa shape index (κ3) is 2.56. The summed E-state index contributed by atoms with van der Waals surface area (Å²) in [5.74, 6) is 1.26. The van der Waals surface area contributed by atoms with E-state index in [0.29, 0.717) is 10.9 Å². The monoisotopic (exact) mass is 261 g/mol. The summed E-state index contributed by atoms with van der Waals surface area (Å²) >= 11 is 11.8. The average Bonchev–Trinajstić information content (AvgIpc) is 2.71. The third-order valence-corrected chi connectivity index (χ3v) is 3.13. The van der Waals surface area contributed by atoms with Crippen LogP contribution in [0.2, 0.25) is 10.3 Å². The topological polar surface area (TPSA) is 38.2 Å². The zero-order valence-electron chi connectivity index (χ0n) is 8.99. The van der Waals surface area contributed by atoms with Crippen molar-refractivity contribution in [1.82, 2.24) is 9.97 Å². The molecule has 2 rings (SSSR count). The van der Waals surface area contributed by atoms with Crippen molar-refractivity contribution < 1.29 is 4.74 Å². The first-order chi connectivity index (χ1) is 7.70. The number of hydrogen-bond donors (Lipinski definition) is 0. The van der Waals surface area contributed by atoms with Crippen LogP contribution in [0.3, 0.4) is 0 Å². The van der Waals surface area contributed by atoms with Gasteiger partial charge in [0.2, 0.25) is 5.28 Å². The molecule has 0 aliphatic carbocycles. The van der Waals surface area contributed by atoms with Gasteiger partial charge in [-0.15, -0.1) is 0 Å². The van der Waals surface area contributed by atoms with E-state index in [1.54, 1.807) is 7.11 Å². The van der Waals surface area contributed by atoms with Crippen molar-refractivity contribution in [2.45, 2.75) is 6.42 Å². The van der Waals surface area contributed by atoms with Crippen LogP contribution in [0.25, 0.3) is 0 Å². The summed E-state index contributed by atoms with van der Waals surface area (Å²) in [5.41, 5.74) is 0. The summed E-state index contributed by atoms with van der Waals surface area (Å²) < 4.78 is 5.15. The number of hydrogen-bond acceptors (Lipinski definition) is 4. The van der Waals surface area contributed by atoms with E-state index in [1.165, 1.54) is 6.20 Å². The molecule has 1 aliphatic heterocycles. The molecule has 1 saturated heterocycles. The molecule has 0 N–H and O–H groups in total. The van der Waals surface area contributed by atoms with E-state index in [-0.39, 0.29) is 5.28 Å². The molecule has 1 aromatic rings. The van der Waals surface area contributed by atoms with Crippen LogP contribution < -0.4 is 4.90 Å². The van der Waals surface area contributed by atoms with Gasteiger partial charge in [0.1, 0.15) is 5.02 Å². The highest BCUT2D eigenvalue weighted by Gasteiger charge is 2.25. The molecule has 0 aromatic carbocycles. The van der Waals surface area contributed by atoms with E-state index >= 15 is 0 Å². The lowest BCUT2D eigenvalue weighted by Gasteiger charge is -2.18. The molecule has 1 fully saturated rings. The molecule has 0 spiro atoms. The van der Waals surface area contributed by atoms with Gasteiger partial charge in [-0.3, -0.25) is 0 Å². The second-order valence-corrected chi connectivity index (χ2v) is 4.61. The first kappa shape index (κ1) is 11.9. The Balaban J connectivity index is 2.11. The molecule has 1 atom stereocenters. The van der Waals surface area contributed by atoms with Crippen LogP contribution in [0.1, 0.15) is 6.42 Å².